The van der Waals surface area contributed by atoms with Gasteiger partial charge in [-0.1, -0.05) is 42.5 Å². The van der Waals surface area contributed by atoms with Crippen molar-refractivity contribution in [1.29, 1.82) is 0 Å². The van der Waals surface area contributed by atoms with Crippen LogP contribution in [0.1, 0.15) is 17.0 Å². The molecule has 0 saturated heterocycles. The molecule has 0 unspecified atom stereocenters. The van der Waals surface area contributed by atoms with Gasteiger partial charge in [-0.05, 0) is 60.5 Å². The summed E-state index contributed by atoms with van der Waals surface area (Å²) in [6.07, 6.45) is 0. The highest BCUT2D eigenvalue weighted by Gasteiger charge is 2.17. The van der Waals surface area contributed by atoms with Crippen molar-refractivity contribution in [1.82, 2.24) is 9.97 Å². The highest BCUT2D eigenvalue weighted by molar-refractivity contribution is 7.89. The summed E-state index contributed by atoms with van der Waals surface area (Å²) in [7, 11) is -3.76. The topological polar surface area (TPSA) is 89.2 Å². The van der Waals surface area contributed by atoms with Gasteiger partial charge in [-0.3, -0.25) is 0 Å². The van der Waals surface area contributed by atoms with Crippen LogP contribution in [0.15, 0.2) is 77.7 Å². The number of nitrogens with zero attached hydrogens (tertiary/aromatic N) is 3. The summed E-state index contributed by atoms with van der Waals surface area (Å²) >= 11 is 0. The van der Waals surface area contributed by atoms with Crippen LogP contribution in [0.5, 0.6) is 0 Å². The van der Waals surface area contributed by atoms with Crippen LogP contribution in [0, 0.1) is 13.8 Å². The van der Waals surface area contributed by atoms with Gasteiger partial charge in [0, 0.05) is 17.1 Å². The normalized spacial score (nSPS) is 11.6. The number of rotatable bonds is 5. The minimum Gasteiger partial charge on any atom is -0.306 e. The monoisotopic (exact) mass is 418 g/mol. The predicted molar refractivity (Wildman–Crippen MR) is 119 cm³/mol. The second kappa shape index (κ2) is 7.85. The van der Waals surface area contributed by atoms with Gasteiger partial charge in [0.25, 0.3) is 0 Å². The van der Waals surface area contributed by atoms with E-state index in [1.54, 1.807) is 12.1 Å². The van der Waals surface area contributed by atoms with Crippen LogP contribution >= 0.6 is 0 Å². The number of aryl methyl sites for hydroxylation is 2. The molecule has 0 aliphatic carbocycles. The molecule has 1 aromatic heterocycles. The standard InChI is InChI=1S/C23H22N4O2S/c1-16-14-17(2)26-23(25-16)27(20-10-12-21(13-11-20)30(24,28)29)15-19-8-5-7-18-6-3-4-9-22(18)19/h3-14H,15H2,1-2H3,(H2,24,28,29). The zero-order chi connectivity index (χ0) is 21.3. The summed E-state index contributed by atoms with van der Waals surface area (Å²) in [6.45, 7) is 4.38. The Bertz CT molecular complexity index is 1290. The Morgan fingerprint density at radius 2 is 1.50 bits per heavy atom. The molecule has 4 aromatic rings. The molecule has 0 aliphatic rings. The molecule has 0 atom stereocenters. The van der Waals surface area contributed by atoms with E-state index in [4.69, 9.17) is 5.14 Å². The molecule has 7 heteroatoms. The maximum absolute atomic E-state index is 11.7. The average molecular weight is 419 g/mol. The molecule has 0 radical (unpaired) electrons. The van der Waals surface area contributed by atoms with Crippen LogP contribution in [0.2, 0.25) is 0 Å². The summed E-state index contributed by atoms with van der Waals surface area (Å²) < 4.78 is 23.3. The van der Waals surface area contributed by atoms with Crippen LogP contribution in [-0.4, -0.2) is 18.4 Å². The molecule has 0 bridgehead atoms. The summed E-state index contributed by atoms with van der Waals surface area (Å²) in [5.74, 6) is 0.559. The van der Waals surface area contributed by atoms with Crippen molar-refractivity contribution in [3.8, 4) is 0 Å². The molecule has 1 heterocycles. The molecule has 0 spiro atoms. The number of aromatic nitrogens is 2. The van der Waals surface area contributed by atoms with Crippen molar-refractivity contribution in [2.75, 3.05) is 4.90 Å². The third kappa shape index (κ3) is 4.17. The lowest BCUT2D eigenvalue weighted by Gasteiger charge is -2.24. The number of nitrogens with two attached hydrogens (primary N) is 1. The van der Waals surface area contributed by atoms with Crippen LogP contribution in [0.4, 0.5) is 11.6 Å². The number of hydrogen-bond donors (Lipinski definition) is 1. The number of anilines is 2. The largest absolute Gasteiger partial charge is 0.306 e. The van der Waals surface area contributed by atoms with Gasteiger partial charge in [0.2, 0.25) is 16.0 Å². The van der Waals surface area contributed by atoms with E-state index < -0.39 is 10.0 Å². The van der Waals surface area contributed by atoms with E-state index in [0.29, 0.717) is 12.5 Å². The lowest BCUT2D eigenvalue weighted by atomic mass is 10.0. The fraction of sp³-hybridized carbons (Fsp3) is 0.130. The molecular formula is C23H22N4O2S. The molecule has 2 N–H and O–H groups in total. The van der Waals surface area contributed by atoms with E-state index in [1.807, 2.05) is 43.0 Å². The van der Waals surface area contributed by atoms with E-state index >= 15 is 0 Å². The summed E-state index contributed by atoms with van der Waals surface area (Å²) in [5, 5.41) is 7.56. The van der Waals surface area contributed by atoms with Crippen molar-refractivity contribution in [3.63, 3.8) is 0 Å². The van der Waals surface area contributed by atoms with Gasteiger partial charge in [-0.15, -0.1) is 0 Å². The van der Waals surface area contributed by atoms with Crippen molar-refractivity contribution >= 4 is 32.4 Å². The van der Waals surface area contributed by atoms with Crippen LogP contribution in [0.25, 0.3) is 10.8 Å². The number of benzene rings is 3. The average Bonchev–Trinajstić information content (AvgIpc) is 2.71. The van der Waals surface area contributed by atoms with Gasteiger partial charge in [-0.2, -0.15) is 0 Å². The molecule has 3 aromatic carbocycles. The molecule has 4 rings (SSSR count). The van der Waals surface area contributed by atoms with Gasteiger partial charge in [0.1, 0.15) is 0 Å². The highest BCUT2D eigenvalue weighted by atomic mass is 32.2. The summed E-state index contributed by atoms with van der Waals surface area (Å²) in [6, 6.07) is 22.8. The fourth-order valence-electron chi connectivity index (χ4n) is 3.52. The van der Waals surface area contributed by atoms with Crippen LogP contribution in [-0.2, 0) is 16.6 Å². The number of sulfonamides is 1. The first kappa shape index (κ1) is 20.0. The van der Waals surface area contributed by atoms with E-state index in [-0.39, 0.29) is 4.90 Å². The second-order valence-electron chi connectivity index (χ2n) is 7.21. The fourth-order valence-corrected chi connectivity index (χ4v) is 4.04. The molecule has 0 aliphatic heterocycles. The van der Waals surface area contributed by atoms with Crippen molar-refractivity contribution in [2.45, 2.75) is 25.3 Å². The quantitative estimate of drug-likeness (QED) is 0.524. The van der Waals surface area contributed by atoms with Crippen LogP contribution in [0.3, 0.4) is 0 Å². The summed E-state index contributed by atoms with van der Waals surface area (Å²) in [4.78, 5) is 11.3. The Balaban J connectivity index is 1.83. The lowest BCUT2D eigenvalue weighted by molar-refractivity contribution is 0.598. The number of primary sulfonamides is 1. The smallest absolute Gasteiger partial charge is 0.238 e. The van der Waals surface area contributed by atoms with E-state index in [2.05, 4.69) is 34.2 Å². The van der Waals surface area contributed by atoms with Crippen LogP contribution < -0.4 is 10.0 Å². The van der Waals surface area contributed by atoms with Gasteiger partial charge < -0.3 is 4.90 Å². The molecule has 0 fully saturated rings. The first-order chi connectivity index (χ1) is 14.3. The number of fused-ring (bicyclic) bond motifs is 1. The Kier molecular flexibility index (Phi) is 5.24. The van der Waals surface area contributed by atoms with Gasteiger partial charge >= 0.3 is 0 Å². The zero-order valence-corrected chi connectivity index (χ0v) is 17.6. The highest BCUT2D eigenvalue weighted by Crippen LogP contribution is 2.29. The molecule has 6 nitrogen and oxygen atoms in total. The third-order valence-corrected chi connectivity index (χ3v) is 5.83. The Morgan fingerprint density at radius 1 is 0.867 bits per heavy atom. The van der Waals surface area contributed by atoms with Crippen molar-refractivity contribution < 1.29 is 8.42 Å². The lowest BCUT2D eigenvalue weighted by Crippen LogP contribution is -2.20. The second-order valence-corrected chi connectivity index (χ2v) is 8.78. The first-order valence-corrected chi connectivity index (χ1v) is 11.1. The van der Waals surface area contributed by atoms with Gasteiger partial charge in [0.05, 0.1) is 11.4 Å². The Hall–Kier alpha value is -3.29. The predicted octanol–water partition coefficient (Wildman–Crippen LogP) is 4.23. The van der Waals surface area contributed by atoms with E-state index in [0.717, 1.165) is 33.4 Å². The maximum atomic E-state index is 11.7. The zero-order valence-electron chi connectivity index (χ0n) is 16.8. The van der Waals surface area contributed by atoms with Crippen molar-refractivity contribution in [2.24, 2.45) is 5.14 Å². The van der Waals surface area contributed by atoms with Gasteiger partial charge in [-0.25, -0.2) is 23.5 Å². The third-order valence-electron chi connectivity index (χ3n) is 4.90. The first-order valence-electron chi connectivity index (χ1n) is 9.50. The molecular weight excluding hydrogens is 396 g/mol. The molecule has 30 heavy (non-hydrogen) atoms. The van der Waals surface area contributed by atoms with E-state index in [1.165, 1.54) is 12.1 Å². The minimum absolute atomic E-state index is 0.0673. The molecule has 152 valence electrons. The maximum Gasteiger partial charge on any atom is 0.238 e. The molecule has 0 amide bonds. The minimum atomic E-state index is -3.76. The van der Waals surface area contributed by atoms with Gasteiger partial charge in [0.15, 0.2) is 0 Å². The van der Waals surface area contributed by atoms with Crippen molar-refractivity contribution in [3.05, 3.63) is 89.7 Å². The van der Waals surface area contributed by atoms with E-state index in [9.17, 15) is 8.42 Å². The SMILES string of the molecule is Cc1cc(C)nc(N(Cc2cccc3ccccc23)c2ccc(S(N)(=O)=O)cc2)n1. The Labute approximate surface area is 176 Å². The summed E-state index contributed by atoms with van der Waals surface area (Å²) in [5.41, 5.74) is 3.62. The number of hydrogen-bond acceptors (Lipinski definition) is 5. The Morgan fingerprint density at radius 3 is 2.17 bits per heavy atom. The molecule has 0 saturated carbocycles.